The number of nitrogens with one attached hydrogen (secondary N) is 1. The second-order valence-corrected chi connectivity index (χ2v) is 6.04. The van der Waals surface area contributed by atoms with Gasteiger partial charge in [-0.25, -0.2) is 0 Å². The lowest BCUT2D eigenvalue weighted by molar-refractivity contribution is 0.0945. The highest BCUT2D eigenvalue weighted by molar-refractivity contribution is 6.42. The third-order valence-corrected chi connectivity index (χ3v) is 4.59. The van der Waals surface area contributed by atoms with Crippen molar-refractivity contribution in [2.45, 2.75) is 39.3 Å². The molecule has 108 valence electrons. The normalized spacial score (nSPS) is 13.9. The van der Waals surface area contributed by atoms with Crippen LogP contribution in [0, 0.1) is 0 Å². The molecule has 0 bridgehead atoms. The van der Waals surface area contributed by atoms with E-state index in [4.69, 9.17) is 23.2 Å². The molecule has 0 radical (unpaired) electrons. The maximum atomic E-state index is 6.14. The van der Waals surface area contributed by atoms with Gasteiger partial charge >= 0.3 is 0 Å². The Kier molecular flexibility index (Phi) is 6.13. The van der Waals surface area contributed by atoms with Crippen molar-refractivity contribution in [3.8, 4) is 0 Å². The second kappa shape index (κ2) is 6.94. The molecule has 2 nitrogen and oxygen atoms in total. The van der Waals surface area contributed by atoms with E-state index in [1.54, 1.807) is 0 Å². The van der Waals surface area contributed by atoms with Crippen LogP contribution in [-0.2, 0) is 0 Å². The highest BCUT2D eigenvalue weighted by Gasteiger charge is 2.34. The van der Waals surface area contributed by atoms with E-state index in [0.717, 1.165) is 18.7 Å². The van der Waals surface area contributed by atoms with Crippen molar-refractivity contribution in [3.63, 3.8) is 0 Å². The first-order chi connectivity index (χ1) is 8.88. The van der Waals surface area contributed by atoms with Gasteiger partial charge in [0.25, 0.3) is 0 Å². The Morgan fingerprint density at radius 2 is 1.74 bits per heavy atom. The highest BCUT2D eigenvalue weighted by atomic mass is 35.5. The van der Waals surface area contributed by atoms with Crippen molar-refractivity contribution < 1.29 is 0 Å². The lowest BCUT2D eigenvalue weighted by Gasteiger charge is -2.43. The van der Waals surface area contributed by atoms with Gasteiger partial charge in [0.1, 0.15) is 0 Å². The monoisotopic (exact) mass is 302 g/mol. The number of benzene rings is 1. The van der Waals surface area contributed by atoms with Crippen LogP contribution in [-0.4, -0.2) is 30.6 Å². The van der Waals surface area contributed by atoms with Crippen LogP contribution in [0.25, 0.3) is 0 Å². The van der Waals surface area contributed by atoms with Crippen molar-refractivity contribution in [2.75, 3.05) is 20.1 Å². The quantitative estimate of drug-likeness (QED) is 0.839. The van der Waals surface area contributed by atoms with Crippen LogP contribution in [0.1, 0.15) is 39.3 Å². The molecule has 0 heterocycles. The molecule has 19 heavy (non-hydrogen) atoms. The standard InChI is InChI=1S/C15H24Cl2N2/c1-6-19(7-2)15(3,4)14(18-5)11-8-9-12(16)13(17)10-11/h8-10,14,18H,6-7H2,1-5H3. The number of halogens is 2. The van der Waals surface area contributed by atoms with Gasteiger partial charge in [-0.15, -0.1) is 0 Å². The van der Waals surface area contributed by atoms with E-state index < -0.39 is 0 Å². The van der Waals surface area contributed by atoms with Crippen LogP contribution in [0.3, 0.4) is 0 Å². The zero-order chi connectivity index (χ0) is 14.6. The van der Waals surface area contributed by atoms with Gasteiger partial charge < -0.3 is 5.32 Å². The van der Waals surface area contributed by atoms with Gasteiger partial charge in [0, 0.05) is 11.6 Å². The lowest BCUT2D eigenvalue weighted by Crippen LogP contribution is -2.51. The molecular formula is C15H24Cl2N2. The smallest absolute Gasteiger partial charge is 0.0595 e. The van der Waals surface area contributed by atoms with Crippen LogP contribution in [0.15, 0.2) is 18.2 Å². The van der Waals surface area contributed by atoms with Gasteiger partial charge in [-0.1, -0.05) is 43.1 Å². The van der Waals surface area contributed by atoms with Crippen LogP contribution in [0.5, 0.6) is 0 Å². The summed E-state index contributed by atoms with van der Waals surface area (Å²) >= 11 is 12.1. The van der Waals surface area contributed by atoms with Crippen molar-refractivity contribution >= 4 is 23.2 Å². The van der Waals surface area contributed by atoms with E-state index in [1.165, 1.54) is 0 Å². The van der Waals surface area contributed by atoms with E-state index in [1.807, 2.05) is 25.2 Å². The maximum absolute atomic E-state index is 6.14. The SMILES string of the molecule is CCN(CC)C(C)(C)C(NC)c1ccc(Cl)c(Cl)c1. The summed E-state index contributed by atoms with van der Waals surface area (Å²) in [4.78, 5) is 2.44. The van der Waals surface area contributed by atoms with Gasteiger partial charge in [-0.05, 0) is 51.7 Å². The summed E-state index contributed by atoms with van der Waals surface area (Å²) in [5, 5.41) is 4.62. The largest absolute Gasteiger partial charge is 0.311 e. The van der Waals surface area contributed by atoms with Gasteiger partial charge in [0.05, 0.1) is 10.0 Å². The van der Waals surface area contributed by atoms with Crippen LogP contribution in [0.4, 0.5) is 0 Å². The van der Waals surface area contributed by atoms with Gasteiger partial charge in [0.2, 0.25) is 0 Å². The molecule has 0 aliphatic carbocycles. The molecule has 0 aliphatic heterocycles. The number of hydrogen-bond acceptors (Lipinski definition) is 2. The number of nitrogens with zero attached hydrogens (tertiary/aromatic N) is 1. The topological polar surface area (TPSA) is 15.3 Å². The Bertz CT molecular complexity index is 415. The molecule has 0 aromatic heterocycles. The lowest BCUT2D eigenvalue weighted by atomic mass is 9.87. The fourth-order valence-electron chi connectivity index (χ4n) is 2.84. The molecule has 0 aliphatic rings. The van der Waals surface area contributed by atoms with Crippen molar-refractivity contribution in [2.24, 2.45) is 0 Å². The van der Waals surface area contributed by atoms with Crippen molar-refractivity contribution in [1.29, 1.82) is 0 Å². The molecule has 1 N–H and O–H groups in total. The van der Waals surface area contributed by atoms with E-state index in [9.17, 15) is 0 Å². The molecular weight excluding hydrogens is 279 g/mol. The summed E-state index contributed by atoms with van der Waals surface area (Å²) in [5.41, 5.74) is 1.16. The Balaban J connectivity index is 3.14. The number of likely N-dealkylation sites (N-methyl/N-ethyl adjacent to an activating group) is 2. The molecule has 1 rings (SSSR count). The Morgan fingerprint density at radius 3 is 2.16 bits per heavy atom. The Hall–Kier alpha value is -0.280. The van der Waals surface area contributed by atoms with E-state index in [0.29, 0.717) is 10.0 Å². The summed E-state index contributed by atoms with van der Waals surface area (Å²) in [7, 11) is 1.98. The summed E-state index contributed by atoms with van der Waals surface area (Å²) in [5.74, 6) is 0. The van der Waals surface area contributed by atoms with Crippen LogP contribution >= 0.6 is 23.2 Å². The predicted molar refractivity (Wildman–Crippen MR) is 85.3 cm³/mol. The molecule has 1 unspecified atom stereocenters. The minimum atomic E-state index is -0.00456. The molecule has 1 atom stereocenters. The van der Waals surface area contributed by atoms with Crippen molar-refractivity contribution in [3.05, 3.63) is 33.8 Å². The van der Waals surface area contributed by atoms with Crippen LogP contribution in [0.2, 0.25) is 10.0 Å². The second-order valence-electron chi connectivity index (χ2n) is 5.22. The summed E-state index contributed by atoms with van der Waals surface area (Å²) in [6.45, 7) is 10.9. The number of rotatable bonds is 6. The average Bonchev–Trinajstić information content (AvgIpc) is 2.35. The molecule has 0 saturated heterocycles. The van der Waals surface area contributed by atoms with E-state index in [-0.39, 0.29) is 11.6 Å². The fraction of sp³-hybridized carbons (Fsp3) is 0.600. The first-order valence-corrected chi connectivity index (χ1v) is 7.51. The third kappa shape index (κ3) is 3.63. The molecule has 0 saturated carbocycles. The third-order valence-electron chi connectivity index (χ3n) is 3.85. The molecule has 0 spiro atoms. The van der Waals surface area contributed by atoms with Gasteiger partial charge in [-0.2, -0.15) is 0 Å². The molecule has 1 aromatic rings. The van der Waals surface area contributed by atoms with Crippen LogP contribution < -0.4 is 5.32 Å². The summed E-state index contributed by atoms with van der Waals surface area (Å²) < 4.78 is 0. The number of hydrogen-bond donors (Lipinski definition) is 1. The first kappa shape index (κ1) is 16.8. The van der Waals surface area contributed by atoms with Gasteiger partial charge in [0.15, 0.2) is 0 Å². The summed E-state index contributed by atoms with van der Waals surface area (Å²) in [6, 6.07) is 6.06. The van der Waals surface area contributed by atoms with E-state index in [2.05, 4.69) is 37.9 Å². The fourth-order valence-corrected chi connectivity index (χ4v) is 3.15. The predicted octanol–water partition coefficient (Wildman–Crippen LogP) is 4.37. The molecule has 0 amide bonds. The Morgan fingerprint density at radius 1 is 1.16 bits per heavy atom. The molecule has 4 heteroatoms. The summed E-state index contributed by atoms with van der Waals surface area (Å²) in [6.07, 6.45) is 0. The van der Waals surface area contributed by atoms with Crippen molar-refractivity contribution in [1.82, 2.24) is 10.2 Å². The average molecular weight is 303 g/mol. The Labute approximate surface area is 127 Å². The maximum Gasteiger partial charge on any atom is 0.0595 e. The zero-order valence-electron chi connectivity index (χ0n) is 12.4. The first-order valence-electron chi connectivity index (χ1n) is 6.75. The minimum absolute atomic E-state index is 0.00456. The van der Waals surface area contributed by atoms with Gasteiger partial charge in [-0.3, -0.25) is 4.90 Å². The molecule has 0 fully saturated rings. The van der Waals surface area contributed by atoms with E-state index >= 15 is 0 Å². The molecule has 1 aromatic carbocycles. The zero-order valence-corrected chi connectivity index (χ0v) is 13.9. The highest BCUT2D eigenvalue weighted by Crippen LogP contribution is 2.33. The minimum Gasteiger partial charge on any atom is -0.311 e.